The predicted octanol–water partition coefficient (Wildman–Crippen LogP) is 3.01. The fourth-order valence-electron chi connectivity index (χ4n) is 2.30. The van der Waals surface area contributed by atoms with Gasteiger partial charge in [0.1, 0.15) is 17.5 Å². The highest BCUT2D eigenvalue weighted by molar-refractivity contribution is 5.68. The van der Waals surface area contributed by atoms with Crippen LogP contribution >= 0.6 is 0 Å². The van der Waals surface area contributed by atoms with Gasteiger partial charge in [-0.25, -0.2) is 14.2 Å². The lowest BCUT2D eigenvalue weighted by Gasteiger charge is -2.33. The third-order valence-corrected chi connectivity index (χ3v) is 3.37. The average molecular weight is 326 g/mol. The van der Waals surface area contributed by atoms with Crippen LogP contribution in [0.25, 0.3) is 0 Å². The number of ether oxygens (including phenoxy) is 3. The van der Waals surface area contributed by atoms with Gasteiger partial charge in [0.25, 0.3) is 0 Å². The van der Waals surface area contributed by atoms with Crippen LogP contribution in [0.1, 0.15) is 33.6 Å². The van der Waals surface area contributed by atoms with Gasteiger partial charge in [0.2, 0.25) is 5.88 Å². The van der Waals surface area contributed by atoms with E-state index in [4.69, 9.17) is 14.2 Å². The quantitative estimate of drug-likeness (QED) is 0.854. The summed E-state index contributed by atoms with van der Waals surface area (Å²) in [5.41, 5.74) is -0.503. The average Bonchev–Trinajstić information content (AvgIpc) is 2.46. The molecule has 0 atom stereocenters. The number of likely N-dealkylation sites (tertiary alicyclic amines) is 1. The van der Waals surface area contributed by atoms with Crippen LogP contribution in [0.4, 0.5) is 9.18 Å². The Labute approximate surface area is 135 Å². The Morgan fingerprint density at radius 2 is 2.00 bits per heavy atom. The highest BCUT2D eigenvalue weighted by Gasteiger charge is 2.27. The van der Waals surface area contributed by atoms with Crippen molar-refractivity contribution in [2.45, 2.75) is 45.3 Å². The molecule has 6 nitrogen and oxygen atoms in total. The lowest BCUT2D eigenvalue weighted by molar-refractivity contribution is 0.0126. The smallest absolute Gasteiger partial charge is 0.410 e. The Kier molecular flexibility index (Phi) is 5.28. The molecule has 1 aromatic rings. The molecule has 0 aliphatic carbocycles. The maximum atomic E-state index is 13.6. The van der Waals surface area contributed by atoms with Crippen molar-refractivity contribution in [3.63, 3.8) is 0 Å². The summed E-state index contributed by atoms with van der Waals surface area (Å²) in [5.74, 6) is -0.257. The van der Waals surface area contributed by atoms with Crippen molar-refractivity contribution in [3.05, 3.63) is 18.1 Å². The van der Waals surface area contributed by atoms with Crippen molar-refractivity contribution in [1.29, 1.82) is 0 Å². The molecular weight excluding hydrogens is 303 g/mol. The van der Waals surface area contributed by atoms with Crippen LogP contribution in [0, 0.1) is 5.82 Å². The highest BCUT2D eigenvalue weighted by Crippen LogP contribution is 2.23. The van der Waals surface area contributed by atoms with Crippen molar-refractivity contribution in [1.82, 2.24) is 9.88 Å². The van der Waals surface area contributed by atoms with Gasteiger partial charge in [-0.3, -0.25) is 0 Å². The predicted molar refractivity (Wildman–Crippen MR) is 82.2 cm³/mol. The molecule has 1 saturated heterocycles. The molecule has 0 spiro atoms. The number of carbonyl (C=O) groups is 1. The van der Waals surface area contributed by atoms with Gasteiger partial charge in [0.15, 0.2) is 5.82 Å². The van der Waals surface area contributed by atoms with Crippen LogP contribution in [-0.4, -0.2) is 47.9 Å². The van der Waals surface area contributed by atoms with Gasteiger partial charge in [0, 0.05) is 32.0 Å². The third kappa shape index (κ3) is 4.97. The molecule has 0 aromatic carbocycles. The maximum absolute atomic E-state index is 13.6. The molecule has 1 amide bonds. The molecular formula is C16H23FN2O4. The minimum absolute atomic E-state index is 0.0582. The van der Waals surface area contributed by atoms with Gasteiger partial charge in [-0.2, -0.15) is 0 Å². The summed E-state index contributed by atoms with van der Waals surface area (Å²) in [6.45, 7) is 6.61. The van der Waals surface area contributed by atoms with Crippen molar-refractivity contribution in [2.24, 2.45) is 0 Å². The molecule has 0 unspecified atom stereocenters. The molecule has 0 saturated carbocycles. The zero-order valence-corrected chi connectivity index (χ0v) is 14.0. The molecule has 1 aliphatic heterocycles. The molecule has 0 bridgehead atoms. The maximum Gasteiger partial charge on any atom is 0.410 e. The topological polar surface area (TPSA) is 60.9 Å². The molecule has 1 fully saturated rings. The summed E-state index contributed by atoms with van der Waals surface area (Å²) in [6, 6.07) is 1.26. The first kappa shape index (κ1) is 17.3. The number of carbonyl (C=O) groups excluding carboxylic acids is 1. The number of hydrogen-bond acceptors (Lipinski definition) is 5. The molecule has 0 N–H and O–H groups in total. The number of pyridine rings is 1. The SMILES string of the molecule is COc1ncc(OC2CCN(C(=O)OC(C)(C)C)CC2)cc1F. The number of nitrogens with zero attached hydrogens (tertiary/aromatic N) is 2. The van der Waals surface area contributed by atoms with Crippen LogP contribution in [0.2, 0.25) is 0 Å². The summed E-state index contributed by atoms with van der Waals surface area (Å²) < 4.78 is 29.4. The van der Waals surface area contributed by atoms with E-state index >= 15 is 0 Å². The minimum atomic E-state index is -0.559. The van der Waals surface area contributed by atoms with Gasteiger partial charge in [0.05, 0.1) is 13.3 Å². The summed E-state index contributed by atoms with van der Waals surface area (Å²) in [7, 11) is 1.36. The normalized spacial score (nSPS) is 16.1. The van der Waals surface area contributed by atoms with Crippen molar-refractivity contribution < 1.29 is 23.4 Å². The lowest BCUT2D eigenvalue weighted by atomic mass is 10.1. The van der Waals surface area contributed by atoms with E-state index < -0.39 is 11.4 Å². The largest absolute Gasteiger partial charge is 0.489 e. The molecule has 128 valence electrons. The first-order valence-corrected chi connectivity index (χ1v) is 7.62. The zero-order valence-electron chi connectivity index (χ0n) is 14.0. The summed E-state index contributed by atoms with van der Waals surface area (Å²) >= 11 is 0. The van der Waals surface area contributed by atoms with E-state index in [1.165, 1.54) is 19.4 Å². The standard InChI is InChI=1S/C16H23FN2O4/c1-16(2,3)23-15(20)19-7-5-11(6-8-19)22-12-9-13(17)14(21-4)18-10-12/h9-11H,5-8H2,1-4H3. The summed E-state index contributed by atoms with van der Waals surface area (Å²) in [6.07, 6.45) is 2.36. The van der Waals surface area contributed by atoms with Crippen LogP contribution in [0.15, 0.2) is 12.3 Å². The number of piperidine rings is 1. The van der Waals surface area contributed by atoms with Crippen LogP contribution < -0.4 is 9.47 Å². The Morgan fingerprint density at radius 3 is 2.52 bits per heavy atom. The fraction of sp³-hybridized carbons (Fsp3) is 0.625. The Morgan fingerprint density at radius 1 is 1.35 bits per heavy atom. The number of hydrogen-bond donors (Lipinski definition) is 0. The number of methoxy groups -OCH3 is 1. The van der Waals surface area contributed by atoms with Crippen LogP contribution in [0.3, 0.4) is 0 Å². The number of halogens is 1. The monoisotopic (exact) mass is 326 g/mol. The van der Waals surface area contributed by atoms with E-state index in [2.05, 4.69) is 4.98 Å². The zero-order chi connectivity index (χ0) is 17.0. The van der Waals surface area contributed by atoms with E-state index in [9.17, 15) is 9.18 Å². The lowest BCUT2D eigenvalue weighted by Crippen LogP contribution is -2.44. The minimum Gasteiger partial charge on any atom is -0.489 e. The Bertz CT molecular complexity index is 552. The third-order valence-electron chi connectivity index (χ3n) is 3.37. The van der Waals surface area contributed by atoms with Gasteiger partial charge in [-0.15, -0.1) is 0 Å². The molecule has 1 aliphatic rings. The van der Waals surface area contributed by atoms with Crippen molar-refractivity contribution in [3.8, 4) is 11.6 Å². The second-order valence-corrected chi connectivity index (χ2v) is 6.45. The van der Waals surface area contributed by atoms with E-state index in [0.717, 1.165) is 0 Å². The van der Waals surface area contributed by atoms with Gasteiger partial charge in [-0.1, -0.05) is 0 Å². The molecule has 2 heterocycles. The Balaban J connectivity index is 1.85. The summed E-state index contributed by atoms with van der Waals surface area (Å²) in [5, 5.41) is 0. The fourth-order valence-corrected chi connectivity index (χ4v) is 2.30. The van der Waals surface area contributed by atoms with Gasteiger partial charge in [-0.05, 0) is 20.8 Å². The van der Waals surface area contributed by atoms with Crippen molar-refractivity contribution >= 4 is 6.09 Å². The van der Waals surface area contributed by atoms with Gasteiger partial charge < -0.3 is 19.1 Å². The first-order valence-electron chi connectivity index (χ1n) is 7.62. The first-order chi connectivity index (χ1) is 10.8. The van der Waals surface area contributed by atoms with Crippen molar-refractivity contribution in [2.75, 3.05) is 20.2 Å². The second-order valence-electron chi connectivity index (χ2n) is 6.45. The second kappa shape index (κ2) is 7.02. The molecule has 0 radical (unpaired) electrons. The number of amides is 1. The summed E-state index contributed by atoms with van der Waals surface area (Å²) in [4.78, 5) is 17.5. The van der Waals surface area contributed by atoms with Crippen LogP contribution in [-0.2, 0) is 4.74 Å². The highest BCUT2D eigenvalue weighted by atomic mass is 19.1. The Hall–Kier alpha value is -2.05. The number of rotatable bonds is 3. The number of aromatic nitrogens is 1. The van der Waals surface area contributed by atoms with E-state index in [1.54, 1.807) is 4.90 Å². The van der Waals surface area contributed by atoms with Crippen LogP contribution in [0.5, 0.6) is 11.6 Å². The van der Waals surface area contributed by atoms with Gasteiger partial charge >= 0.3 is 6.09 Å². The van der Waals surface area contributed by atoms with E-state index in [-0.39, 0.29) is 18.1 Å². The van der Waals surface area contributed by atoms with E-state index in [0.29, 0.717) is 31.7 Å². The molecule has 2 rings (SSSR count). The van der Waals surface area contributed by atoms with E-state index in [1.807, 2.05) is 20.8 Å². The molecule has 23 heavy (non-hydrogen) atoms. The molecule has 1 aromatic heterocycles. The molecule has 7 heteroatoms.